The minimum Gasteiger partial charge on any atom is -0.480 e. The second-order valence-corrected chi connectivity index (χ2v) is 5.40. The van der Waals surface area contributed by atoms with Crippen LogP contribution in [0.3, 0.4) is 0 Å². The monoisotopic (exact) mass is 239 g/mol. The molecule has 2 aliphatic rings. The third-order valence-electron chi connectivity index (χ3n) is 4.40. The summed E-state index contributed by atoms with van der Waals surface area (Å²) in [5, 5.41) is 8.89. The van der Waals surface area contributed by atoms with E-state index in [0.29, 0.717) is 11.8 Å². The van der Waals surface area contributed by atoms with Crippen molar-refractivity contribution in [1.82, 2.24) is 4.90 Å². The Morgan fingerprint density at radius 3 is 2.41 bits per heavy atom. The lowest BCUT2D eigenvalue weighted by Gasteiger charge is -2.27. The molecule has 4 nitrogen and oxygen atoms in total. The number of fused-ring (bicyclic) bond motifs is 1. The number of carboxylic acid groups (broad SMARTS) is 1. The second kappa shape index (κ2) is 4.67. The summed E-state index contributed by atoms with van der Waals surface area (Å²) in [6, 6.07) is 0.0277. The highest BCUT2D eigenvalue weighted by Gasteiger charge is 2.57. The van der Waals surface area contributed by atoms with E-state index < -0.39 is 5.97 Å². The molecule has 17 heavy (non-hydrogen) atoms. The molecule has 3 unspecified atom stereocenters. The van der Waals surface area contributed by atoms with Gasteiger partial charge < -0.3 is 10.0 Å². The topological polar surface area (TPSA) is 57.6 Å². The first-order valence-corrected chi connectivity index (χ1v) is 6.58. The van der Waals surface area contributed by atoms with Gasteiger partial charge in [0.25, 0.3) is 0 Å². The minimum atomic E-state index is -0.913. The van der Waals surface area contributed by atoms with Crippen molar-refractivity contribution in [3.05, 3.63) is 0 Å². The van der Waals surface area contributed by atoms with E-state index in [-0.39, 0.29) is 24.4 Å². The van der Waals surface area contributed by atoms with Gasteiger partial charge in [-0.2, -0.15) is 0 Å². The normalized spacial score (nSPS) is 31.8. The fraction of sp³-hybridized carbons (Fsp3) is 0.846. The highest BCUT2D eigenvalue weighted by Crippen LogP contribution is 2.58. The van der Waals surface area contributed by atoms with E-state index in [9.17, 15) is 9.59 Å². The Hall–Kier alpha value is -1.06. The summed E-state index contributed by atoms with van der Waals surface area (Å²) in [6.45, 7) is 3.77. The van der Waals surface area contributed by atoms with Gasteiger partial charge in [-0.15, -0.1) is 0 Å². The van der Waals surface area contributed by atoms with Gasteiger partial charge in [0.15, 0.2) is 0 Å². The first-order valence-electron chi connectivity index (χ1n) is 6.58. The zero-order valence-corrected chi connectivity index (χ0v) is 10.6. The predicted octanol–water partition coefficient (Wildman–Crippen LogP) is 1.74. The minimum absolute atomic E-state index is 0.0277. The van der Waals surface area contributed by atoms with Crippen molar-refractivity contribution in [2.75, 3.05) is 6.54 Å². The van der Waals surface area contributed by atoms with Crippen LogP contribution in [0.4, 0.5) is 0 Å². The molecule has 0 spiro atoms. The van der Waals surface area contributed by atoms with Crippen molar-refractivity contribution in [3.8, 4) is 0 Å². The number of amides is 1. The highest BCUT2D eigenvalue weighted by atomic mass is 16.4. The molecule has 2 aliphatic carbocycles. The first kappa shape index (κ1) is 12.4. The molecule has 2 saturated carbocycles. The zero-order valence-electron chi connectivity index (χ0n) is 10.6. The van der Waals surface area contributed by atoms with Crippen LogP contribution in [-0.4, -0.2) is 34.5 Å². The highest BCUT2D eigenvalue weighted by molar-refractivity contribution is 5.86. The molecule has 2 fully saturated rings. The lowest BCUT2D eigenvalue weighted by molar-refractivity contribution is -0.147. The Morgan fingerprint density at radius 1 is 1.35 bits per heavy atom. The molecule has 1 amide bonds. The summed E-state index contributed by atoms with van der Waals surface area (Å²) >= 11 is 0. The SMILES string of the molecule is CCC(C)N(CC(=O)O)C(=O)C1C2CCCC21. The standard InChI is InChI=1S/C13H21NO3/c1-3-8(2)14(7-11(15)16)13(17)12-9-5-4-6-10(9)12/h8-10,12H,3-7H2,1-2H3,(H,15,16). The van der Waals surface area contributed by atoms with Gasteiger partial charge in [-0.25, -0.2) is 0 Å². The maximum atomic E-state index is 12.3. The molecule has 0 aromatic heterocycles. The molecule has 2 rings (SSSR count). The smallest absolute Gasteiger partial charge is 0.323 e. The number of aliphatic carboxylic acids is 1. The Balaban J connectivity index is 2.00. The van der Waals surface area contributed by atoms with Gasteiger partial charge in [-0.05, 0) is 38.0 Å². The zero-order chi connectivity index (χ0) is 12.6. The van der Waals surface area contributed by atoms with Crippen LogP contribution in [0, 0.1) is 17.8 Å². The molecule has 0 aromatic carbocycles. The summed E-state index contributed by atoms with van der Waals surface area (Å²) in [4.78, 5) is 24.7. The molecule has 3 atom stereocenters. The van der Waals surface area contributed by atoms with Crippen LogP contribution in [0.25, 0.3) is 0 Å². The fourth-order valence-corrected chi connectivity index (χ4v) is 3.20. The van der Waals surface area contributed by atoms with Crippen LogP contribution in [-0.2, 0) is 9.59 Å². The van der Waals surface area contributed by atoms with Crippen LogP contribution in [0.5, 0.6) is 0 Å². The van der Waals surface area contributed by atoms with Crippen LogP contribution in [0.2, 0.25) is 0 Å². The molecule has 0 saturated heterocycles. The molecule has 0 heterocycles. The number of carboxylic acids is 1. The van der Waals surface area contributed by atoms with Crippen LogP contribution < -0.4 is 0 Å². The van der Waals surface area contributed by atoms with Crippen LogP contribution in [0.1, 0.15) is 39.5 Å². The Kier molecular flexibility index (Phi) is 3.40. The Labute approximate surface area is 102 Å². The predicted molar refractivity (Wildman–Crippen MR) is 63.4 cm³/mol. The molecule has 0 aromatic rings. The van der Waals surface area contributed by atoms with Gasteiger partial charge in [0.05, 0.1) is 0 Å². The largest absolute Gasteiger partial charge is 0.480 e. The third-order valence-corrected chi connectivity index (χ3v) is 4.40. The van der Waals surface area contributed by atoms with E-state index >= 15 is 0 Å². The average Bonchev–Trinajstić information content (AvgIpc) is 2.77. The molecule has 0 aliphatic heterocycles. The van der Waals surface area contributed by atoms with Gasteiger partial charge in [0, 0.05) is 12.0 Å². The van der Waals surface area contributed by atoms with Crippen molar-refractivity contribution in [2.24, 2.45) is 17.8 Å². The summed E-state index contributed by atoms with van der Waals surface area (Å²) < 4.78 is 0. The summed E-state index contributed by atoms with van der Waals surface area (Å²) in [7, 11) is 0. The van der Waals surface area contributed by atoms with Crippen molar-refractivity contribution >= 4 is 11.9 Å². The van der Waals surface area contributed by atoms with E-state index in [1.54, 1.807) is 4.90 Å². The van der Waals surface area contributed by atoms with Gasteiger partial charge in [-0.3, -0.25) is 9.59 Å². The van der Waals surface area contributed by atoms with Gasteiger partial charge in [-0.1, -0.05) is 13.3 Å². The van der Waals surface area contributed by atoms with Crippen molar-refractivity contribution in [2.45, 2.75) is 45.6 Å². The average molecular weight is 239 g/mol. The maximum Gasteiger partial charge on any atom is 0.323 e. The number of carbonyl (C=O) groups is 2. The van der Waals surface area contributed by atoms with Crippen molar-refractivity contribution < 1.29 is 14.7 Å². The van der Waals surface area contributed by atoms with Crippen molar-refractivity contribution in [3.63, 3.8) is 0 Å². The van der Waals surface area contributed by atoms with Gasteiger partial charge >= 0.3 is 5.97 Å². The number of carbonyl (C=O) groups excluding carboxylic acids is 1. The van der Waals surface area contributed by atoms with E-state index in [4.69, 9.17) is 5.11 Å². The molecule has 0 radical (unpaired) electrons. The van der Waals surface area contributed by atoms with E-state index in [1.807, 2.05) is 13.8 Å². The Bertz CT molecular complexity index is 319. The molecule has 4 heteroatoms. The molecular formula is C13H21NO3. The summed E-state index contributed by atoms with van der Waals surface area (Å²) in [5.74, 6) is 0.420. The first-order chi connectivity index (χ1) is 8.06. The lowest BCUT2D eigenvalue weighted by Crippen LogP contribution is -2.43. The van der Waals surface area contributed by atoms with Crippen molar-refractivity contribution in [1.29, 1.82) is 0 Å². The van der Waals surface area contributed by atoms with E-state index in [0.717, 1.165) is 19.3 Å². The number of hydrogen-bond acceptors (Lipinski definition) is 2. The number of hydrogen-bond donors (Lipinski definition) is 1. The molecule has 1 N–H and O–H groups in total. The summed E-state index contributed by atoms with van der Waals surface area (Å²) in [6.07, 6.45) is 4.35. The van der Waals surface area contributed by atoms with Gasteiger partial charge in [0.2, 0.25) is 5.91 Å². The van der Waals surface area contributed by atoms with E-state index in [1.165, 1.54) is 6.42 Å². The lowest BCUT2D eigenvalue weighted by atomic mass is 10.1. The van der Waals surface area contributed by atoms with Crippen LogP contribution in [0.15, 0.2) is 0 Å². The number of rotatable bonds is 5. The third kappa shape index (κ3) is 2.31. The molecule has 96 valence electrons. The summed E-state index contributed by atoms with van der Waals surface area (Å²) in [5.41, 5.74) is 0. The Morgan fingerprint density at radius 2 is 1.94 bits per heavy atom. The molecule has 0 bridgehead atoms. The number of nitrogens with zero attached hydrogens (tertiary/aromatic N) is 1. The quantitative estimate of drug-likeness (QED) is 0.795. The molecular weight excluding hydrogens is 218 g/mol. The fourth-order valence-electron chi connectivity index (χ4n) is 3.20. The maximum absolute atomic E-state index is 12.3. The van der Waals surface area contributed by atoms with Gasteiger partial charge in [0.1, 0.15) is 6.54 Å². The van der Waals surface area contributed by atoms with E-state index in [2.05, 4.69) is 0 Å². The second-order valence-electron chi connectivity index (χ2n) is 5.40. The van der Waals surface area contributed by atoms with Crippen LogP contribution >= 0.6 is 0 Å².